The molecule has 0 amide bonds. The summed E-state index contributed by atoms with van der Waals surface area (Å²) in [5.41, 5.74) is 4.88. The first-order chi connectivity index (χ1) is 8.27. The van der Waals surface area contributed by atoms with E-state index in [0.29, 0.717) is 0 Å². The summed E-state index contributed by atoms with van der Waals surface area (Å²) in [5, 5.41) is 3.44. The normalized spacial score (nSPS) is 9.18. The van der Waals surface area contributed by atoms with E-state index in [0.717, 1.165) is 0 Å². The number of rotatable bonds is 2. The summed E-state index contributed by atoms with van der Waals surface area (Å²) in [6.45, 7) is 8.22. The molecule has 2 aromatic carbocycles. The molecule has 0 heterocycles. The van der Waals surface area contributed by atoms with E-state index in [1.807, 2.05) is 26.0 Å². The number of hydrogen-bond donors (Lipinski definition) is 1. The summed E-state index contributed by atoms with van der Waals surface area (Å²) in [6, 6.07) is 16.6. The first-order valence-electron chi connectivity index (χ1n) is 6.15. The van der Waals surface area contributed by atoms with Gasteiger partial charge in [-0.3, -0.25) is 0 Å². The van der Waals surface area contributed by atoms with Gasteiger partial charge in [-0.15, -0.1) is 0 Å². The first kappa shape index (κ1) is 13.3. The van der Waals surface area contributed by atoms with Gasteiger partial charge in [0.05, 0.1) is 0 Å². The molecule has 2 aromatic rings. The van der Waals surface area contributed by atoms with Gasteiger partial charge in [-0.05, 0) is 37.1 Å². The van der Waals surface area contributed by atoms with E-state index in [2.05, 4.69) is 55.6 Å². The molecule has 0 radical (unpaired) electrons. The zero-order valence-corrected chi connectivity index (χ0v) is 11.1. The van der Waals surface area contributed by atoms with Crippen molar-refractivity contribution in [3.05, 3.63) is 59.7 Å². The zero-order chi connectivity index (χ0) is 12.7. The highest BCUT2D eigenvalue weighted by Crippen LogP contribution is 2.22. The molecule has 1 N–H and O–H groups in total. The summed E-state index contributed by atoms with van der Waals surface area (Å²) in [6.07, 6.45) is 0. The average molecular weight is 227 g/mol. The van der Waals surface area contributed by atoms with Crippen LogP contribution in [0.3, 0.4) is 0 Å². The van der Waals surface area contributed by atoms with E-state index in [-0.39, 0.29) is 0 Å². The summed E-state index contributed by atoms with van der Waals surface area (Å²) < 4.78 is 0. The molecule has 0 unspecified atom stereocenters. The minimum absolute atomic E-state index is 1.17. The summed E-state index contributed by atoms with van der Waals surface area (Å²) in [4.78, 5) is 0. The predicted octanol–water partition coefficient (Wildman–Crippen LogP) is 5.07. The highest BCUT2D eigenvalue weighted by atomic mass is 14.9. The van der Waals surface area contributed by atoms with Gasteiger partial charge in [-0.2, -0.15) is 0 Å². The van der Waals surface area contributed by atoms with E-state index >= 15 is 0 Å². The van der Waals surface area contributed by atoms with Crippen molar-refractivity contribution in [2.24, 2.45) is 0 Å². The van der Waals surface area contributed by atoms with Gasteiger partial charge in [-0.1, -0.05) is 50.2 Å². The summed E-state index contributed by atoms with van der Waals surface area (Å²) >= 11 is 0. The fraction of sp³-hybridized carbons (Fsp3) is 0.250. The molecular weight excluding hydrogens is 206 g/mol. The maximum atomic E-state index is 3.44. The second-order valence-corrected chi connectivity index (χ2v) is 3.75. The number of benzene rings is 2. The lowest BCUT2D eigenvalue weighted by atomic mass is 10.1. The van der Waals surface area contributed by atoms with Crippen molar-refractivity contribution in [3.8, 4) is 0 Å². The lowest BCUT2D eigenvalue weighted by Crippen LogP contribution is -1.94. The van der Waals surface area contributed by atoms with Crippen molar-refractivity contribution < 1.29 is 0 Å². The number of para-hydroxylation sites is 2. The summed E-state index contributed by atoms with van der Waals surface area (Å²) in [7, 11) is 0. The molecule has 90 valence electrons. The zero-order valence-electron chi connectivity index (χ0n) is 11.1. The van der Waals surface area contributed by atoms with Crippen molar-refractivity contribution in [1.82, 2.24) is 0 Å². The van der Waals surface area contributed by atoms with Crippen LogP contribution in [-0.2, 0) is 0 Å². The van der Waals surface area contributed by atoms with Crippen LogP contribution in [0.4, 0.5) is 11.4 Å². The Morgan fingerprint density at radius 2 is 1.00 bits per heavy atom. The number of hydrogen-bond acceptors (Lipinski definition) is 1. The topological polar surface area (TPSA) is 12.0 Å². The van der Waals surface area contributed by atoms with Crippen LogP contribution in [-0.4, -0.2) is 0 Å². The van der Waals surface area contributed by atoms with Crippen LogP contribution in [0.2, 0.25) is 0 Å². The van der Waals surface area contributed by atoms with Crippen LogP contribution in [0.1, 0.15) is 25.0 Å². The van der Waals surface area contributed by atoms with Gasteiger partial charge in [0.2, 0.25) is 0 Å². The molecule has 0 saturated heterocycles. The summed E-state index contributed by atoms with van der Waals surface area (Å²) in [5.74, 6) is 0. The van der Waals surface area contributed by atoms with Gasteiger partial charge < -0.3 is 5.32 Å². The van der Waals surface area contributed by atoms with Crippen LogP contribution < -0.4 is 5.32 Å². The van der Waals surface area contributed by atoms with Gasteiger partial charge in [0, 0.05) is 11.4 Å². The van der Waals surface area contributed by atoms with E-state index < -0.39 is 0 Å². The Morgan fingerprint density at radius 1 is 0.647 bits per heavy atom. The monoisotopic (exact) mass is 227 g/mol. The molecule has 17 heavy (non-hydrogen) atoms. The van der Waals surface area contributed by atoms with Gasteiger partial charge in [0.15, 0.2) is 0 Å². The van der Waals surface area contributed by atoms with Crippen LogP contribution in [0, 0.1) is 13.8 Å². The fourth-order valence-electron chi connectivity index (χ4n) is 1.57. The molecule has 0 aromatic heterocycles. The minimum Gasteiger partial charge on any atom is -0.355 e. The highest BCUT2D eigenvalue weighted by Gasteiger charge is 1.99. The van der Waals surface area contributed by atoms with Gasteiger partial charge in [0.25, 0.3) is 0 Å². The van der Waals surface area contributed by atoms with Crippen LogP contribution in [0.25, 0.3) is 0 Å². The molecule has 0 aliphatic carbocycles. The second-order valence-electron chi connectivity index (χ2n) is 3.75. The Balaban J connectivity index is 0.000000686. The lowest BCUT2D eigenvalue weighted by Gasteiger charge is -2.11. The Labute approximate surface area is 105 Å². The van der Waals surface area contributed by atoms with Crippen molar-refractivity contribution in [2.45, 2.75) is 27.7 Å². The predicted molar refractivity (Wildman–Crippen MR) is 77.0 cm³/mol. The minimum atomic E-state index is 1.17. The third-order valence-corrected chi connectivity index (χ3v) is 2.56. The Hall–Kier alpha value is -1.76. The van der Waals surface area contributed by atoms with Crippen LogP contribution >= 0.6 is 0 Å². The molecule has 0 fully saturated rings. The quantitative estimate of drug-likeness (QED) is 0.755. The molecule has 1 heteroatoms. The molecule has 0 saturated carbocycles. The van der Waals surface area contributed by atoms with Gasteiger partial charge in [0.1, 0.15) is 0 Å². The van der Waals surface area contributed by atoms with Crippen molar-refractivity contribution in [1.29, 1.82) is 0 Å². The molecular formula is C16H21N. The van der Waals surface area contributed by atoms with E-state index in [1.54, 1.807) is 0 Å². The third-order valence-electron chi connectivity index (χ3n) is 2.56. The van der Waals surface area contributed by atoms with Crippen molar-refractivity contribution in [3.63, 3.8) is 0 Å². The fourth-order valence-corrected chi connectivity index (χ4v) is 1.57. The number of nitrogens with one attached hydrogen (secondary N) is 1. The van der Waals surface area contributed by atoms with Crippen LogP contribution in [0.5, 0.6) is 0 Å². The largest absolute Gasteiger partial charge is 0.355 e. The van der Waals surface area contributed by atoms with Crippen molar-refractivity contribution >= 4 is 11.4 Å². The maximum absolute atomic E-state index is 3.44. The number of aryl methyl sites for hydroxylation is 2. The standard InChI is InChI=1S/C14H15N.C2H6/c1-11-7-3-5-9-13(11)15-14-10-6-4-8-12(14)2;1-2/h3-10,15H,1-2H3;1-2H3. The van der Waals surface area contributed by atoms with E-state index in [4.69, 9.17) is 0 Å². The van der Waals surface area contributed by atoms with E-state index in [1.165, 1.54) is 22.5 Å². The molecule has 2 rings (SSSR count). The number of anilines is 2. The SMILES string of the molecule is CC.Cc1ccccc1Nc1ccccc1C. The molecule has 0 spiro atoms. The molecule has 0 bridgehead atoms. The van der Waals surface area contributed by atoms with E-state index in [9.17, 15) is 0 Å². The Morgan fingerprint density at radius 3 is 1.35 bits per heavy atom. The van der Waals surface area contributed by atoms with Gasteiger partial charge in [-0.25, -0.2) is 0 Å². The van der Waals surface area contributed by atoms with Crippen molar-refractivity contribution in [2.75, 3.05) is 5.32 Å². The maximum Gasteiger partial charge on any atom is 0.0413 e. The smallest absolute Gasteiger partial charge is 0.0413 e. The second kappa shape index (κ2) is 6.74. The first-order valence-corrected chi connectivity index (χ1v) is 6.15. The third kappa shape index (κ3) is 3.63. The highest BCUT2D eigenvalue weighted by molar-refractivity contribution is 5.65. The Bertz CT molecular complexity index is 417. The lowest BCUT2D eigenvalue weighted by molar-refractivity contribution is 1.39. The molecule has 1 nitrogen and oxygen atoms in total. The van der Waals surface area contributed by atoms with Gasteiger partial charge >= 0.3 is 0 Å². The molecule has 0 atom stereocenters. The Kier molecular flexibility index (Phi) is 5.28. The van der Waals surface area contributed by atoms with Crippen LogP contribution in [0.15, 0.2) is 48.5 Å². The molecule has 0 aliphatic heterocycles. The molecule has 0 aliphatic rings. The average Bonchev–Trinajstić information content (AvgIpc) is 2.37.